The predicted octanol–water partition coefficient (Wildman–Crippen LogP) is 1.81. The minimum atomic E-state index is -0.932. The number of rotatable bonds is 6. The van der Waals surface area contributed by atoms with Crippen molar-refractivity contribution in [1.29, 1.82) is 0 Å². The molecule has 110 valence electrons. The molecule has 2 atom stereocenters. The van der Waals surface area contributed by atoms with Gasteiger partial charge < -0.3 is 15.2 Å². The smallest absolute Gasteiger partial charge is 0.310 e. The van der Waals surface area contributed by atoms with Gasteiger partial charge in [0.25, 0.3) is 0 Å². The summed E-state index contributed by atoms with van der Waals surface area (Å²) in [6, 6.07) is 0.0986. The van der Waals surface area contributed by atoms with Gasteiger partial charge in [-0.3, -0.25) is 9.59 Å². The molecule has 0 aromatic rings. The summed E-state index contributed by atoms with van der Waals surface area (Å²) in [5, 5.41) is 12.3. The van der Waals surface area contributed by atoms with Gasteiger partial charge in [0.2, 0.25) is 5.91 Å². The molecule has 5 nitrogen and oxygen atoms in total. The van der Waals surface area contributed by atoms with E-state index in [4.69, 9.17) is 4.74 Å². The molecule has 1 fully saturated rings. The fourth-order valence-corrected chi connectivity index (χ4v) is 2.54. The van der Waals surface area contributed by atoms with E-state index in [0.29, 0.717) is 26.1 Å². The molecule has 2 N–H and O–H groups in total. The van der Waals surface area contributed by atoms with Gasteiger partial charge in [0.1, 0.15) is 0 Å². The van der Waals surface area contributed by atoms with E-state index < -0.39 is 11.4 Å². The summed E-state index contributed by atoms with van der Waals surface area (Å²) in [5.41, 5.74) is -0.932. The second kappa shape index (κ2) is 6.89. The normalized spacial score (nSPS) is 23.9. The Hall–Kier alpha value is -1.10. The third kappa shape index (κ3) is 3.93. The highest BCUT2D eigenvalue weighted by Crippen LogP contribution is 2.31. The van der Waals surface area contributed by atoms with Gasteiger partial charge in [-0.2, -0.15) is 0 Å². The van der Waals surface area contributed by atoms with Gasteiger partial charge in [-0.15, -0.1) is 0 Å². The average Bonchev–Trinajstić information content (AvgIpc) is 2.38. The molecule has 2 unspecified atom stereocenters. The van der Waals surface area contributed by atoms with Gasteiger partial charge in [0, 0.05) is 19.1 Å². The largest absolute Gasteiger partial charge is 0.481 e. The zero-order chi connectivity index (χ0) is 14.5. The van der Waals surface area contributed by atoms with Crippen LogP contribution in [0.1, 0.15) is 46.5 Å². The molecule has 0 aromatic heterocycles. The van der Waals surface area contributed by atoms with E-state index in [1.165, 1.54) is 0 Å². The Morgan fingerprint density at radius 2 is 2.00 bits per heavy atom. The van der Waals surface area contributed by atoms with Crippen LogP contribution in [0.4, 0.5) is 0 Å². The van der Waals surface area contributed by atoms with Crippen LogP contribution >= 0.6 is 0 Å². The minimum Gasteiger partial charge on any atom is -0.481 e. The standard InChI is InChI=1S/C14H25NO4/c1-4-14(5-2,13(17)18)8-12(16)15-11-6-7-19-9-10(11)3/h10-11H,4-9H2,1-3H3,(H,15,16)(H,17,18). The van der Waals surface area contributed by atoms with E-state index >= 15 is 0 Å². The molecule has 0 spiro atoms. The number of hydrogen-bond acceptors (Lipinski definition) is 3. The van der Waals surface area contributed by atoms with Crippen molar-refractivity contribution in [3.8, 4) is 0 Å². The highest BCUT2D eigenvalue weighted by molar-refractivity contribution is 5.85. The summed E-state index contributed by atoms with van der Waals surface area (Å²) in [5.74, 6) is -0.766. The van der Waals surface area contributed by atoms with Crippen LogP contribution in [0, 0.1) is 11.3 Å². The zero-order valence-corrected chi connectivity index (χ0v) is 12.1. The topological polar surface area (TPSA) is 75.6 Å². The van der Waals surface area contributed by atoms with Crippen LogP contribution in [0.2, 0.25) is 0 Å². The minimum absolute atomic E-state index is 0.0550. The second-order valence-electron chi connectivity index (χ2n) is 5.48. The Morgan fingerprint density at radius 1 is 1.37 bits per heavy atom. The molecule has 0 aliphatic carbocycles. The van der Waals surface area contributed by atoms with Gasteiger partial charge in [-0.05, 0) is 25.2 Å². The number of carbonyl (C=O) groups is 2. The van der Waals surface area contributed by atoms with E-state index in [0.717, 1.165) is 6.42 Å². The number of aliphatic carboxylic acids is 1. The van der Waals surface area contributed by atoms with Crippen LogP contribution in [0.25, 0.3) is 0 Å². The number of hydrogen-bond donors (Lipinski definition) is 2. The third-order valence-electron chi connectivity index (χ3n) is 4.29. The van der Waals surface area contributed by atoms with Crippen LogP contribution in [0.3, 0.4) is 0 Å². The molecule has 0 bridgehead atoms. The molecule has 1 heterocycles. The molecule has 1 saturated heterocycles. The summed E-state index contributed by atoms with van der Waals surface area (Å²) in [6.45, 7) is 6.98. The first-order valence-electron chi connectivity index (χ1n) is 7.05. The lowest BCUT2D eigenvalue weighted by Gasteiger charge is -2.31. The highest BCUT2D eigenvalue weighted by atomic mass is 16.5. The van der Waals surface area contributed by atoms with Gasteiger partial charge in [-0.25, -0.2) is 0 Å². The lowest BCUT2D eigenvalue weighted by atomic mass is 9.79. The molecule has 1 amide bonds. The van der Waals surface area contributed by atoms with E-state index in [-0.39, 0.29) is 24.3 Å². The predicted molar refractivity (Wildman–Crippen MR) is 71.8 cm³/mol. The van der Waals surface area contributed by atoms with Crippen molar-refractivity contribution in [3.05, 3.63) is 0 Å². The first kappa shape index (κ1) is 16.0. The molecule has 5 heteroatoms. The summed E-state index contributed by atoms with van der Waals surface area (Å²) in [7, 11) is 0. The Balaban J connectivity index is 2.60. The summed E-state index contributed by atoms with van der Waals surface area (Å²) in [4.78, 5) is 23.5. The van der Waals surface area contributed by atoms with Crippen LogP contribution < -0.4 is 5.32 Å². The van der Waals surface area contributed by atoms with E-state index in [1.54, 1.807) is 0 Å². The quantitative estimate of drug-likeness (QED) is 0.772. The summed E-state index contributed by atoms with van der Waals surface area (Å²) >= 11 is 0. The number of carbonyl (C=O) groups excluding carboxylic acids is 1. The van der Waals surface area contributed by atoms with Gasteiger partial charge in [-0.1, -0.05) is 20.8 Å². The van der Waals surface area contributed by atoms with Crippen LogP contribution in [0.15, 0.2) is 0 Å². The lowest BCUT2D eigenvalue weighted by Crippen LogP contribution is -2.46. The van der Waals surface area contributed by atoms with Crippen LogP contribution in [0.5, 0.6) is 0 Å². The van der Waals surface area contributed by atoms with Crippen molar-refractivity contribution in [1.82, 2.24) is 5.32 Å². The molecule has 19 heavy (non-hydrogen) atoms. The monoisotopic (exact) mass is 271 g/mol. The fraction of sp³-hybridized carbons (Fsp3) is 0.857. The van der Waals surface area contributed by atoms with E-state index in [9.17, 15) is 14.7 Å². The SMILES string of the molecule is CCC(CC)(CC(=O)NC1CCOCC1C)C(=O)O. The van der Waals surface area contributed by atoms with Crippen molar-refractivity contribution < 1.29 is 19.4 Å². The zero-order valence-electron chi connectivity index (χ0n) is 12.1. The summed E-state index contributed by atoms with van der Waals surface area (Å²) < 4.78 is 5.33. The van der Waals surface area contributed by atoms with Gasteiger partial charge in [0.15, 0.2) is 0 Å². The number of nitrogens with one attached hydrogen (secondary N) is 1. The Labute approximate surface area is 114 Å². The van der Waals surface area contributed by atoms with Gasteiger partial charge >= 0.3 is 5.97 Å². The fourth-order valence-electron chi connectivity index (χ4n) is 2.54. The molecule has 0 aromatic carbocycles. The molecule has 0 radical (unpaired) electrons. The van der Waals surface area contributed by atoms with Crippen molar-refractivity contribution >= 4 is 11.9 Å². The molecular weight excluding hydrogens is 246 g/mol. The number of ether oxygens (including phenoxy) is 1. The number of amides is 1. The molecule has 1 rings (SSSR count). The first-order chi connectivity index (χ1) is 8.95. The third-order valence-corrected chi connectivity index (χ3v) is 4.29. The Morgan fingerprint density at radius 3 is 2.47 bits per heavy atom. The molecule has 1 aliphatic rings. The second-order valence-corrected chi connectivity index (χ2v) is 5.48. The maximum Gasteiger partial charge on any atom is 0.310 e. The molecule has 1 aliphatic heterocycles. The van der Waals surface area contributed by atoms with E-state index in [2.05, 4.69) is 5.32 Å². The first-order valence-corrected chi connectivity index (χ1v) is 7.05. The van der Waals surface area contributed by atoms with Crippen molar-refractivity contribution in [2.24, 2.45) is 11.3 Å². The van der Waals surface area contributed by atoms with Gasteiger partial charge in [0.05, 0.1) is 12.0 Å². The Bertz CT molecular complexity index is 325. The Kier molecular flexibility index (Phi) is 5.79. The van der Waals surface area contributed by atoms with Crippen molar-refractivity contribution in [2.75, 3.05) is 13.2 Å². The molecular formula is C14H25NO4. The number of carboxylic acids is 1. The van der Waals surface area contributed by atoms with Crippen LogP contribution in [-0.2, 0) is 14.3 Å². The van der Waals surface area contributed by atoms with Crippen molar-refractivity contribution in [2.45, 2.75) is 52.5 Å². The average molecular weight is 271 g/mol. The maximum absolute atomic E-state index is 12.1. The van der Waals surface area contributed by atoms with Crippen LogP contribution in [-0.4, -0.2) is 36.2 Å². The highest BCUT2D eigenvalue weighted by Gasteiger charge is 2.37. The van der Waals surface area contributed by atoms with E-state index in [1.807, 2.05) is 20.8 Å². The summed E-state index contributed by atoms with van der Waals surface area (Å²) in [6.07, 6.45) is 1.79. The lowest BCUT2D eigenvalue weighted by molar-refractivity contribution is -0.152. The molecule has 0 saturated carbocycles. The number of carboxylic acid groups (broad SMARTS) is 1. The van der Waals surface area contributed by atoms with Crippen molar-refractivity contribution in [3.63, 3.8) is 0 Å². The maximum atomic E-state index is 12.1.